The third kappa shape index (κ3) is 6.39. The third-order valence-electron chi connectivity index (χ3n) is 6.11. The van der Waals surface area contributed by atoms with E-state index in [2.05, 4.69) is 64.3 Å². The Labute approximate surface area is 197 Å². The molecule has 1 aromatic carbocycles. The summed E-state index contributed by atoms with van der Waals surface area (Å²) in [6.07, 6.45) is 9.06. The molecule has 2 heterocycles. The van der Waals surface area contributed by atoms with Crippen molar-refractivity contribution in [3.8, 4) is 11.1 Å². The zero-order valence-corrected chi connectivity index (χ0v) is 20.4. The molecule has 0 bridgehead atoms. The number of nitrogens with one attached hydrogen (secondary N) is 1. The molecular formula is C26H38N6O. The van der Waals surface area contributed by atoms with E-state index in [0.29, 0.717) is 5.82 Å². The van der Waals surface area contributed by atoms with Gasteiger partial charge in [-0.1, -0.05) is 39.2 Å². The number of nitrogens with zero attached hydrogens (tertiary/aromatic N) is 4. The van der Waals surface area contributed by atoms with E-state index in [-0.39, 0.29) is 12.6 Å². The largest absolute Gasteiger partial charge is 0.394 e. The van der Waals surface area contributed by atoms with Crippen molar-refractivity contribution in [3.63, 3.8) is 0 Å². The lowest BCUT2D eigenvalue weighted by atomic mass is 9.95. The van der Waals surface area contributed by atoms with Crippen LogP contribution in [0.15, 0.2) is 36.7 Å². The molecule has 0 aliphatic carbocycles. The first-order valence-corrected chi connectivity index (χ1v) is 12.0. The highest BCUT2D eigenvalue weighted by molar-refractivity contribution is 5.93. The highest BCUT2D eigenvalue weighted by Gasteiger charge is 2.24. The summed E-state index contributed by atoms with van der Waals surface area (Å²) >= 11 is 0. The molecule has 2 aromatic heterocycles. The first-order valence-electron chi connectivity index (χ1n) is 12.0. The van der Waals surface area contributed by atoms with Gasteiger partial charge in [0.1, 0.15) is 5.82 Å². The Morgan fingerprint density at radius 1 is 1.12 bits per heavy atom. The quantitative estimate of drug-likeness (QED) is 0.362. The van der Waals surface area contributed by atoms with Crippen molar-refractivity contribution in [1.29, 1.82) is 0 Å². The van der Waals surface area contributed by atoms with Crippen LogP contribution in [0.25, 0.3) is 22.0 Å². The van der Waals surface area contributed by atoms with Crippen LogP contribution in [-0.2, 0) is 6.54 Å². The smallest absolute Gasteiger partial charge is 0.222 e. The van der Waals surface area contributed by atoms with E-state index in [1.165, 1.54) is 18.4 Å². The van der Waals surface area contributed by atoms with Gasteiger partial charge in [-0.2, -0.15) is 4.98 Å². The van der Waals surface area contributed by atoms with Gasteiger partial charge < -0.3 is 21.1 Å². The number of pyridine rings is 1. The molecule has 0 radical (unpaired) electrons. The zero-order chi connectivity index (χ0) is 23.8. The lowest BCUT2D eigenvalue weighted by molar-refractivity contribution is 0.212. The van der Waals surface area contributed by atoms with Crippen LogP contribution in [0.3, 0.4) is 0 Å². The number of fused-ring (bicyclic) bond motifs is 1. The summed E-state index contributed by atoms with van der Waals surface area (Å²) in [5.74, 6) is 0.873. The van der Waals surface area contributed by atoms with Gasteiger partial charge in [0, 0.05) is 24.3 Å². The number of hydrogen-bond acceptors (Lipinski definition) is 7. The fraction of sp³-hybridized carbons (Fsp3) is 0.500. The highest BCUT2D eigenvalue weighted by atomic mass is 16.3. The maximum atomic E-state index is 10.0. The Kier molecular flexibility index (Phi) is 8.58. The van der Waals surface area contributed by atoms with Crippen molar-refractivity contribution in [2.75, 3.05) is 31.2 Å². The van der Waals surface area contributed by atoms with E-state index in [0.717, 1.165) is 54.4 Å². The Morgan fingerprint density at radius 2 is 1.91 bits per heavy atom. The first-order chi connectivity index (χ1) is 15.9. The Morgan fingerprint density at radius 3 is 2.64 bits per heavy atom. The van der Waals surface area contributed by atoms with Crippen LogP contribution >= 0.6 is 0 Å². The van der Waals surface area contributed by atoms with E-state index in [4.69, 9.17) is 5.73 Å². The molecule has 0 fully saturated rings. The van der Waals surface area contributed by atoms with Crippen molar-refractivity contribution in [1.82, 2.24) is 19.9 Å². The summed E-state index contributed by atoms with van der Waals surface area (Å²) in [6, 6.07) is 8.25. The number of aliphatic hydroxyl groups excluding tert-OH is 1. The minimum absolute atomic E-state index is 0.0163. The molecule has 0 spiro atoms. The topological polar surface area (TPSA) is 100 Å². The molecule has 0 saturated heterocycles. The summed E-state index contributed by atoms with van der Waals surface area (Å²) in [4.78, 5) is 15.7. The van der Waals surface area contributed by atoms with E-state index in [1.807, 2.05) is 25.4 Å². The lowest BCUT2D eigenvalue weighted by Gasteiger charge is -2.30. The average molecular weight is 451 g/mol. The van der Waals surface area contributed by atoms with Gasteiger partial charge in [0.15, 0.2) is 0 Å². The number of aliphatic hydroxyl groups is 1. The number of rotatable bonds is 12. The minimum Gasteiger partial charge on any atom is -0.394 e. The van der Waals surface area contributed by atoms with Crippen molar-refractivity contribution < 1.29 is 5.11 Å². The second-order valence-electron chi connectivity index (χ2n) is 9.23. The van der Waals surface area contributed by atoms with Crippen molar-refractivity contribution in [3.05, 3.63) is 42.2 Å². The highest BCUT2D eigenvalue weighted by Crippen LogP contribution is 2.31. The molecule has 7 nitrogen and oxygen atoms in total. The number of hydrogen-bond donors (Lipinski definition) is 3. The molecule has 0 aliphatic rings. The Bertz CT molecular complexity index is 1060. The number of benzene rings is 1. The molecule has 0 aliphatic heterocycles. The number of nitrogens with two attached hydrogens (primary N) is 1. The molecular weight excluding hydrogens is 412 g/mol. The van der Waals surface area contributed by atoms with Crippen LogP contribution in [0.4, 0.5) is 11.8 Å². The molecule has 1 atom stereocenters. The molecule has 3 rings (SSSR count). The van der Waals surface area contributed by atoms with E-state index in [9.17, 15) is 5.11 Å². The van der Waals surface area contributed by atoms with Crippen molar-refractivity contribution >= 4 is 22.7 Å². The standard InChI is InChI=1S/C26H38N6O/c1-5-7-12-26(3,18-33)31-24-22-10-9-19(15-23(22)29-25(27)30-24)21-11-13-28-16-20(21)17-32(4)14-8-6-2/h9-11,13,15-16,33H,5-8,12,14,17-18H2,1-4H3,(H3,27,29,30,31)/t26-/m1/s1. The van der Waals surface area contributed by atoms with E-state index >= 15 is 0 Å². The molecule has 0 unspecified atom stereocenters. The van der Waals surface area contributed by atoms with Gasteiger partial charge >= 0.3 is 0 Å². The molecule has 7 heteroatoms. The Hall–Kier alpha value is -2.77. The Balaban J connectivity index is 1.96. The number of anilines is 2. The molecule has 0 saturated carbocycles. The second-order valence-corrected chi connectivity index (χ2v) is 9.23. The minimum atomic E-state index is -0.469. The fourth-order valence-electron chi connectivity index (χ4n) is 4.08. The molecule has 0 amide bonds. The van der Waals surface area contributed by atoms with Crippen LogP contribution in [-0.4, -0.2) is 50.7 Å². The van der Waals surface area contributed by atoms with Gasteiger partial charge in [0.2, 0.25) is 5.95 Å². The van der Waals surface area contributed by atoms with Gasteiger partial charge in [-0.05, 0) is 68.2 Å². The van der Waals surface area contributed by atoms with Crippen molar-refractivity contribution in [2.24, 2.45) is 0 Å². The van der Waals surface area contributed by atoms with Gasteiger partial charge in [-0.25, -0.2) is 4.98 Å². The predicted octanol–water partition coefficient (Wildman–Crippen LogP) is 4.86. The number of nitrogen functional groups attached to an aromatic ring is 1. The van der Waals surface area contributed by atoms with Gasteiger partial charge in [0.05, 0.1) is 17.7 Å². The maximum Gasteiger partial charge on any atom is 0.222 e. The molecule has 178 valence electrons. The van der Waals surface area contributed by atoms with Crippen LogP contribution in [0, 0.1) is 0 Å². The van der Waals surface area contributed by atoms with Crippen LogP contribution in [0.2, 0.25) is 0 Å². The molecule has 3 aromatic rings. The SMILES string of the molecule is CCCCN(C)Cc1cnccc1-c1ccc2c(N[C@@](C)(CO)CCCC)nc(N)nc2c1. The summed E-state index contributed by atoms with van der Waals surface area (Å²) in [5, 5.41) is 14.3. The predicted molar refractivity (Wildman–Crippen MR) is 137 cm³/mol. The van der Waals surface area contributed by atoms with Gasteiger partial charge in [0.25, 0.3) is 0 Å². The molecule has 4 N–H and O–H groups in total. The first kappa shape index (κ1) is 24.9. The second kappa shape index (κ2) is 11.4. The van der Waals surface area contributed by atoms with Gasteiger partial charge in [-0.3, -0.25) is 4.98 Å². The lowest BCUT2D eigenvalue weighted by Crippen LogP contribution is -2.39. The van der Waals surface area contributed by atoms with E-state index < -0.39 is 5.54 Å². The van der Waals surface area contributed by atoms with Gasteiger partial charge in [-0.15, -0.1) is 0 Å². The third-order valence-corrected chi connectivity index (χ3v) is 6.11. The van der Waals surface area contributed by atoms with E-state index in [1.54, 1.807) is 0 Å². The normalized spacial score (nSPS) is 13.4. The monoisotopic (exact) mass is 450 g/mol. The number of unbranched alkanes of at least 4 members (excludes halogenated alkanes) is 2. The van der Waals surface area contributed by atoms with Crippen LogP contribution < -0.4 is 11.1 Å². The van der Waals surface area contributed by atoms with Crippen LogP contribution in [0.1, 0.15) is 58.4 Å². The fourth-order valence-corrected chi connectivity index (χ4v) is 4.08. The summed E-state index contributed by atoms with van der Waals surface area (Å²) in [5.41, 5.74) is 9.78. The average Bonchev–Trinajstić information content (AvgIpc) is 2.81. The summed E-state index contributed by atoms with van der Waals surface area (Å²) in [6.45, 7) is 8.28. The summed E-state index contributed by atoms with van der Waals surface area (Å²) < 4.78 is 0. The number of aromatic nitrogens is 3. The van der Waals surface area contributed by atoms with Crippen molar-refractivity contribution in [2.45, 2.75) is 65.0 Å². The maximum absolute atomic E-state index is 10.0. The zero-order valence-electron chi connectivity index (χ0n) is 20.4. The van der Waals surface area contributed by atoms with Crippen LogP contribution in [0.5, 0.6) is 0 Å². The molecule has 33 heavy (non-hydrogen) atoms. The summed E-state index contributed by atoms with van der Waals surface area (Å²) in [7, 11) is 2.15.